The monoisotopic (exact) mass is 642 g/mol. The molecule has 2 atom stereocenters. The maximum absolute atomic E-state index is 13.0. The first-order valence-electron chi connectivity index (χ1n) is 13.9. The molecule has 3 heterocycles. The Morgan fingerprint density at radius 2 is 1.70 bits per heavy atom. The van der Waals surface area contributed by atoms with Gasteiger partial charge in [0, 0.05) is 32.5 Å². The second-order valence-electron chi connectivity index (χ2n) is 11.8. The number of alkyl halides is 3. The first-order chi connectivity index (χ1) is 20.2. The number of aromatic nitrogens is 1. The fourth-order valence-electron chi connectivity index (χ4n) is 5.10. The normalized spacial score (nSPS) is 20.7. The minimum absolute atomic E-state index is 0.109. The second-order valence-corrected chi connectivity index (χ2v) is 14.3. The number of anilines is 1. The lowest BCUT2D eigenvalue weighted by Crippen LogP contribution is -2.39. The Morgan fingerprint density at radius 3 is 2.35 bits per heavy atom. The van der Waals surface area contributed by atoms with Gasteiger partial charge in [0.25, 0.3) is 0 Å². The molecule has 3 aromatic rings. The molecule has 0 amide bonds. The lowest BCUT2D eigenvalue weighted by atomic mass is 9.81. The van der Waals surface area contributed by atoms with E-state index in [2.05, 4.69) is 14.6 Å². The summed E-state index contributed by atoms with van der Waals surface area (Å²) in [6, 6.07) is 9.77. The van der Waals surface area contributed by atoms with Gasteiger partial charge in [0.1, 0.15) is 22.5 Å². The number of fused-ring (bicyclic) bond motifs is 1. The van der Waals surface area contributed by atoms with E-state index in [1.165, 1.54) is 47.7 Å². The average Bonchev–Trinajstić information content (AvgIpc) is 3.37. The summed E-state index contributed by atoms with van der Waals surface area (Å²) in [6.45, 7) is 7.67. The van der Waals surface area contributed by atoms with Gasteiger partial charge in [-0.15, -0.1) is 13.2 Å². The molecule has 9 nitrogen and oxygen atoms in total. The molecule has 14 heteroatoms. The van der Waals surface area contributed by atoms with E-state index in [9.17, 15) is 26.4 Å². The number of ether oxygens (including phenoxy) is 3. The third-order valence-corrected chi connectivity index (χ3v) is 9.78. The molecule has 2 fully saturated rings. The van der Waals surface area contributed by atoms with E-state index >= 15 is 0 Å². The molecule has 0 radical (unpaired) electrons. The zero-order valence-corrected chi connectivity index (χ0v) is 25.6. The molecule has 0 saturated carbocycles. The molecule has 2 saturated heterocycles. The zero-order valence-electron chi connectivity index (χ0n) is 23.9. The molecule has 1 aromatic heterocycles. The third-order valence-electron chi connectivity index (χ3n) is 7.48. The lowest BCUT2D eigenvalue weighted by Gasteiger charge is -2.36. The molecule has 2 aliphatic heterocycles. The summed E-state index contributed by atoms with van der Waals surface area (Å²) < 4.78 is 84.4. The van der Waals surface area contributed by atoms with Crippen molar-refractivity contribution >= 4 is 42.8 Å². The number of benzene rings is 2. The van der Waals surface area contributed by atoms with Crippen LogP contribution in [0, 0.1) is 11.3 Å². The average molecular weight is 643 g/mol. The van der Waals surface area contributed by atoms with Gasteiger partial charge in [0.05, 0.1) is 22.2 Å². The van der Waals surface area contributed by atoms with Crippen molar-refractivity contribution in [2.45, 2.75) is 69.9 Å². The quantitative estimate of drug-likeness (QED) is 0.274. The Balaban J connectivity index is 1.18. The van der Waals surface area contributed by atoms with Gasteiger partial charge in [-0.3, -0.25) is 4.79 Å². The molecule has 2 aliphatic rings. The number of halogens is 3. The molecule has 0 bridgehead atoms. The highest BCUT2D eigenvalue weighted by Crippen LogP contribution is 2.35. The Kier molecular flexibility index (Phi) is 8.83. The molecular weight excluding hydrogens is 609 g/mol. The van der Waals surface area contributed by atoms with Crippen LogP contribution in [0.3, 0.4) is 0 Å². The first kappa shape index (κ1) is 31.3. The number of carbonyl (C=O) groups excluding carboxylic acids is 1. The highest BCUT2D eigenvalue weighted by Gasteiger charge is 2.37. The van der Waals surface area contributed by atoms with Crippen molar-refractivity contribution in [3.63, 3.8) is 0 Å². The molecular formula is C29H33F3N2O7S2. The molecule has 43 heavy (non-hydrogen) atoms. The second kappa shape index (κ2) is 12.1. The van der Waals surface area contributed by atoms with E-state index in [0.29, 0.717) is 61.3 Å². The van der Waals surface area contributed by atoms with Crippen molar-refractivity contribution in [3.8, 4) is 11.5 Å². The van der Waals surface area contributed by atoms with Crippen LogP contribution in [0.1, 0.15) is 46.5 Å². The molecule has 0 spiro atoms. The van der Waals surface area contributed by atoms with Gasteiger partial charge in [0.2, 0.25) is 0 Å². The van der Waals surface area contributed by atoms with Gasteiger partial charge in [-0.25, -0.2) is 4.98 Å². The van der Waals surface area contributed by atoms with Crippen LogP contribution in [0.25, 0.3) is 10.2 Å². The highest BCUT2D eigenvalue weighted by atomic mass is 32.2. The molecule has 0 N–H and O–H groups in total. The summed E-state index contributed by atoms with van der Waals surface area (Å²) in [4.78, 5) is 19.4. The van der Waals surface area contributed by atoms with E-state index in [-0.39, 0.29) is 28.3 Å². The van der Waals surface area contributed by atoms with Gasteiger partial charge in [-0.1, -0.05) is 32.1 Å². The lowest BCUT2D eigenvalue weighted by molar-refractivity contribution is -0.274. The Labute approximate surface area is 252 Å². The van der Waals surface area contributed by atoms with Crippen LogP contribution < -0.4 is 14.4 Å². The SMILES string of the molecule is CC(C)(C)C1CC(C(=O)OS(=O)(=O)c2ccc3nc(N4CCC(Oc5ccc(OC(F)(F)F)cc5)CC4)sc3c2)CCO1. The first-order valence-corrected chi connectivity index (χ1v) is 16.2. The predicted molar refractivity (Wildman–Crippen MR) is 154 cm³/mol. The van der Waals surface area contributed by atoms with Gasteiger partial charge < -0.3 is 23.3 Å². The van der Waals surface area contributed by atoms with E-state index in [4.69, 9.17) is 13.7 Å². The van der Waals surface area contributed by atoms with Crippen molar-refractivity contribution in [1.82, 2.24) is 4.98 Å². The minimum Gasteiger partial charge on any atom is -0.490 e. The minimum atomic E-state index is -4.75. The topological polar surface area (TPSA) is 104 Å². The Hall–Kier alpha value is -3.10. The number of hydrogen-bond acceptors (Lipinski definition) is 10. The number of carbonyl (C=O) groups is 1. The Bertz CT molecular complexity index is 1540. The highest BCUT2D eigenvalue weighted by molar-refractivity contribution is 7.87. The molecule has 2 aromatic carbocycles. The van der Waals surface area contributed by atoms with E-state index in [1.807, 2.05) is 20.8 Å². The third kappa shape index (κ3) is 7.90. The number of rotatable bonds is 7. The van der Waals surface area contributed by atoms with Gasteiger partial charge >= 0.3 is 22.4 Å². The summed E-state index contributed by atoms with van der Waals surface area (Å²) >= 11 is 1.34. The van der Waals surface area contributed by atoms with Crippen LogP contribution >= 0.6 is 11.3 Å². The number of piperidine rings is 1. The summed E-state index contributed by atoms with van der Waals surface area (Å²) in [5.41, 5.74) is 0.446. The van der Waals surface area contributed by atoms with Crippen molar-refractivity contribution < 1.29 is 44.8 Å². The predicted octanol–water partition coefficient (Wildman–Crippen LogP) is 6.32. The van der Waals surface area contributed by atoms with Crippen molar-refractivity contribution in [2.24, 2.45) is 11.3 Å². The summed E-state index contributed by atoms with van der Waals surface area (Å²) in [7, 11) is -4.32. The molecule has 5 rings (SSSR count). The maximum Gasteiger partial charge on any atom is 0.573 e. The van der Waals surface area contributed by atoms with Crippen LogP contribution in [-0.4, -0.2) is 57.6 Å². The van der Waals surface area contributed by atoms with Crippen LogP contribution in [-0.2, 0) is 23.8 Å². The van der Waals surface area contributed by atoms with E-state index < -0.39 is 28.4 Å². The fraction of sp³-hybridized carbons (Fsp3) is 0.517. The Morgan fingerprint density at radius 1 is 1.02 bits per heavy atom. The van der Waals surface area contributed by atoms with E-state index in [1.54, 1.807) is 6.07 Å². The standard InChI is InChI=1S/C29H33F3N2O7S2/c1-28(2,3)25-16-18(12-15-38-25)26(35)41-43(36,37)22-8-9-23-24(17-22)42-27(33-23)34-13-10-20(11-14-34)39-19-4-6-21(7-5-19)40-29(30,31)32/h4-9,17-18,20,25H,10-16H2,1-3H3. The number of hydrogen-bond donors (Lipinski definition) is 0. The van der Waals surface area contributed by atoms with Crippen LogP contribution in [0.4, 0.5) is 18.3 Å². The van der Waals surface area contributed by atoms with Gasteiger partial charge in [-0.2, -0.15) is 8.42 Å². The summed E-state index contributed by atoms with van der Waals surface area (Å²) in [5.74, 6) is -1.18. The van der Waals surface area contributed by atoms with Crippen molar-refractivity contribution in [3.05, 3.63) is 42.5 Å². The maximum atomic E-state index is 13.0. The molecule has 0 aliphatic carbocycles. The summed E-state index contributed by atoms with van der Waals surface area (Å²) in [6.07, 6.45) is -2.91. The summed E-state index contributed by atoms with van der Waals surface area (Å²) in [5, 5.41) is 0.726. The van der Waals surface area contributed by atoms with Crippen molar-refractivity contribution in [2.75, 3.05) is 24.6 Å². The zero-order chi connectivity index (χ0) is 31.0. The molecule has 234 valence electrons. The fourth-order valence-corrected chi connectivity index (χ4v) is 7.18. The van der Waals surface area contributed by atoms with E-state index in [0.717, 1.165) is 5.13 Å². The number of thiazole rings is 1. The van der Waals surface area contributed by atoms with Gasteiger partial charge in [0.15, 0.2) is 5.13 Å². The smallest absolute Gasteiger partial charge is 0.490 e. The van der Waals surface area contributed by atoms with Gasteiger partial charge in [-0.05, 0) is 60.7 Å². The number of nitrogens with zero attached hydrogens (tertiary/aromatic N) is 2. The van der Waals surface area contributed by atoms with Crippen LogP contribution in [0.2, 0.25) is 0 Å². The van der Waals surface area contributed by atoms with Crippen LogP contribution in [0.15, 0.2) is 47.4 Å². The van der Waals surface area contributed by atoms with Crippen LogP contribution in [0.5, 0.6) is 11.5 Å². The largest absolute Gasteiger partial charge is 0.573 e. The van der Waals surface area contributed by atoms with Crippen molar-refractivity contribution in [1.29, 1.82) is 0 Å². The molecule has 2 unspecified atom stereocenters.